The number of carbonyl (C=O) groups is 1. The zero-order valence-corrected chi connectivity index (χ0v) is 15.0. The van der Waals surface area contributed by atoms with Crippen LogP contribution < -0.4 is 5.73 Å². The van der Waals surface area contributed by atoms with Crippen molar-refractivity contribution < 1.29 is 9.53 Å². The van der Waals surface area contributed by atoms with Crippen LogP contribution in [0.5, 0.6) is 0 Å². The smallest absolute Gasteiger partial charge is 0.236 e. The van der Waals surface area contributed by atoms with Crippen molar-refractivity contribution in [2.24, 2.45) is 17.6 Å². The predicted octanol–water partition coefficient (Wildman–Crippen LogP) is 1.57. The van der Waals surface area contributed by atoms with E-state index in [0.29, 0.717) is 24.9 Å². The Morgan fingerprint density at radius 2 is 1.86 bits per heavy atom. The van der Waals surface area contributed by atoms with Gasteiger partial charge in [0.15, 0.2) is 0 Å². The number of hydrogen-bond donors (Lipinski definition) is 1. The first kappa shape index (κ1) is 19.4. The molecule has 0 radical (unpaired) electrons. The first-order valence-corrected chi connectivity index (χ1v) is 8.62. The van der Waals surface area contributed by atoms with E-state index in [4.69, 9.17) is 10.5 Å². The molecule has 0 aromatic rings. The van der Waals surface area contributed by atoms with E-state index in [1.54, 1.807) is 7.11 Å². The summed E-state index contributed by atoms with van der Waals surface area (Å²) < 4.78 is 5.45. The number of ether oxygens (including phenoxy) is 1. The number of nitrogens with zero attached hydrogens (tertiary/aromatic N) is 2. The Hall–Kier alpha value is -0.650. The van der Waals surface area contributed by atoms with Crippen LogP contribution in [-0.4, -0.2) is 67.7 Å². The lowest BCUT2D eigenvalue weighted by atomic mass is 9.99. The van der Waals surface area contributed by atoms with Gasteiger partial charge in [0, 0.05) is 39.3 Å². The highest BCUT2D eigenvalue weighted by molar-refractivity contribution is 5.78. The lowest BCUT2D eigenvalue weighted by Gasteiger charge is -2.39. The third-order valence-corrected chi connectivity index (χ3v) is 4.26. The van der Waals surface area contributed by atoms with Gasteiger partial charge in [-0.3, -0.25) is 9.69 Å². The maximum Gasteiger partial charge on any atom is 0.236 e. The van der Waals surface area contributed by atoms with Gasteiger partial charge in [0.05, 0.1) is 12.6 Å². The number of amides is 1. The van der Waals surface area contributed by atoms with Crippen molar-refractivity contribution in [2.45, 2.75) is 52.7 Å². The van der Waals surface area contributed by atoms with E-state index in [1.165, 1.54) is 0 Å². The Balaban J connectivity index is 2.62. The van der Waals surface area contributed by atoms with Crippen LogP contribution in [0, 0.1) is 11.8 Å². The van der Waals surface area contributed by atoms with E-state index in [2.05, 4.69) is 32.6 Å². The molecule has 0 aliphatic carbocycles. The molecule has 22 heavy (non-hydrogen) atoms. The molecule has 0 spiro atoms. The van der Waals surface area contributed by atoms with E-state index < -0.39 is 0 Å². The van der Waals surface area contributed by atoms with Gasteiger partial charge in [0.25, 0.3) is 0 Å². The highest BCUT2D eigenvalue weighted by Gasteiger charge is 2.30. The summed E-state index contributed by atoms with van der Waals surface area (Å²) in [6, 6.07) is 0.252. The van der Waals surface area contributed by atoms with Crippen LogP contribution in [-0.2, 0) is 9.53 Å². The highest BCUT2D eigenvalue weighted by atomic mass is 16.5. The van der Waals surface area contributed by atoms with E-state index >= 15 is 0 Å². The summed E-state index contributed by atoms with van der Waals surface area (Å²) in [5.41, 5.74) is 5.90. The molecule has 1 rings (SSSR count). The number of methoxy groups -OCH3 is 1. The van der Waals surface area contributed by atoms with Gasteiger partial charge in [-0.15, -0.1) is 0 Å². The van der Waals surface area contributed by atoms with E-state index in [1.807, 2.05) is 4.90 Å². The Bertz CT molecular complexity index is 324. The van der Waals surface area contributed by atoms with Crippen molar-refractivity contribution in [2.75, 3.05) is 39.8 Å². The van der Waals surface area contributed by atoms with E-state index in [-0.39, 0.29) is 18.1 Å². The summed E-state index contributed by atoms with van der Waals surface area (Å²) in [7, 11) is 1.76. The third-order valence-electron chi connectivity index (χ3n) is 4.26. The summed E-state index contributed by atoms with van der Waals surface area (Å²) in [4.78, 5) is 17.0. The number of piperidine rings is 1. The Morgan fingerprint density at radius 3 is 2.32 bits per heavy atom. The van der Waals surface area contributed by atoms with Crippen molar-refractivity contribution in [1.82, 2.24) is 9.80 Å². The lowest BCUT2D eigenvalue weighted by molar-refractivity contribution is -0.135. The zero-order valence-electron chi connectivity index (χ0n) is 15.0. The molecule has 0 aromatic heterocycles. The van der Waals surface area contributed by atoms with Crippen LogP contribution >= 0.6 is 0 Å². The highest BCUT2D eigenvalue weighted by Crippen LogP contribution is 2.19. The fraction of sp³-hybridized carbons (Fsp3) is 0.941. The number of likely N-dealkylation sites (tertiary alicyclic amines) is 1. The Kier molecular flexibility index (Phi) is 8.36. The quantitative estimate of drug-likeness (QED) is 0.739. The average Bonchev–Trinajstić information content (AvgIpc) is 2.45. The second-order valence-corrected chi connectivity index (χ2v) is 7.33. The van der Waals surface area contributed by atoms with Crippen LogP contribution in [0.15, 0.2) is 0 Å². The molecule has 1 aliphatic rings. The first-order valence-electron chi connectivity index (χ1n) is 8.62. The first-order chi connectivity index (χ1) is 10.4. The van der Waals surface area contributed by atoms with Gasteiger partial charge < -0.3 is 15.4 Å². The van der Waals surface area contributed by atoms with Crippen LogP contribution in [0.1, 0.15) is 40.5 Å². The van der Waals surface area contributed by atoms with Gasteiger partial charge in [0.2, 0.25) is 5.91 Å². The molecule has 0 bridgehead atoms. The van der Waals surface area contributed by atoms with Gasteiger partial charge in [-0.25, -0.2) is 0 Å². The van der Waals surface area contributed by atoms with Gasteiger partial charge in [0.1, 0.15) is 0 Å². The molecule has 2 N–H and O–H groups in total. The number of nitrogens with two attached hydrogens (primary N) is 1. The molecule has 2 atom stereocenters. The van der Waals surface area contributed by atoms with Crippen molar-refractivity contribution in [3.05, 3.63) is 0 Å². The summed E-state index contributed by atoms with van der Waals surface area (Å²) in [5.74, 6) is 1.22. The summed E-state index contributed by atoms with van der Waals surface area (Å²) in [6.07, 6.45) is 2.19. The molecule has 1 heterocycles. The molecular weight excluding hydrogens is 278 g/mol. The van der Waals surface area contributed by atoms with Crippen LogP contribution in [0.2, 0.25) is 0 Å². The van der Waals surface area contributed by atoms with Gasteiger partial charge in [-0.1, -0.05) is 27.7 Å². The molecule has 0 aromatic carbocycles. The minimum Gasteiger partial charge on any atom is -0.381 e. The Morgan fingerprint density at radius 1 is 1.27 bits per heavy atom. The minimum atomic E-state index is 0.233. The number of carbonyl (C=O) groups excluding carboxylic acids is 1. The van der Waals surface area contributed by atoms with Crippen molar-refractivity contribution in [1.29, 1.82) is 0 Å². The normalized spacial score (nSPS) is 23.3. The summed E-state index contributed by atoms with van der Waals surface area (Å²) in [5, 5.41) is 0. The fourth-order valence-corrected chi connectivity index (χ4v) is 3.16. The second-order valence-electron chi connectivity index (χ2n) is 7.33. The monoisotopic (exact) mass is 313 g/mol. The van der Waals surface area contributed by atoms with Gasteiger partial charge >= 0.3 is 0 Å². The minimum absolute atomic E-state index is 0.233. The molecule has 130 valence electrons. The van der Waals surface area contributed by atoms with Crippen molar-refractivity contribution in [3.8, 4) is 0 Å². The molecule has 1 fully saturated rings. The standard InChI is InChI=1S/C17H35N3O2/c1-13(2)10-20(11-14(3)4)17(21)12-19-7-6-16(22-5)8-15(19)9-18/h13-16H,6-12,18H2,1-5H3. The fourth-order valence-electron chi connectivity index (χ4n) is 3.16. The SMILES string of the molecule is COC1CCN(CC(=O)N(CC(C)C)CC(C)C)C(CN)C1. The average molecular weight is 313 g/mol. The Labute approximate surface area is 136 Å². The zero-order chi connectivity index (χ0) is 16.7. The van der Waals surface area contributed by atoms with E-state index in [9.17, 15) is 4.79 Å². The van der Waals surface area contributed by atoms with Gasteiger partial charge in [-0.2, -0.15) is 0 Å². The molecule has 5 nitrogen and oxygen atoms in total. The molecule has 2 unspecified atom stereocenters. The van der Waals surface area contributed by atoms with Crippen molar-refractivity contribution in [3.63, 3.8) is 0 Å². The molecule has 1 aliphatic heterocycles. The van der Waals surface area contributed by atoms with Crippen LogP contribution in [0.3, 0.4) is 0 Å². The van der Waals surface area contributed by atoms with Gasteiger partial charge in [-0.05, 0) is 24.7 Å². The molecule has 1 amide bonds. The molecule has 0 saturated carbocycles. The maximum atomic E-state index is 12.7. The number of rotatable bonds is 8. The van der Waals surface area contributed by atoms with E-state index in [0.717, 1.165) is 32.5 Å². The molecular formula is C17H35N3O2. The summed E-state index contributed by atoms with van der Waals surface area (Å²) >= 11 is 0. The van der Waals surface area contributed by atoms with Crippen LogP contribution in [0.4, 0.5) is 0 Å². The largest absolute Gasteiger partial charge is 0.381 e. The lowest BCUT2D eigenvalue weighted by Crippen LogP contribution is -2.53. The summed E-state index contributed by atoms with van der Waals surface area (Å²) in [6.45, 7) is 12.3. The molecule has 1 saturated heterocycles. The maximum absolute atomic E-state index is 12.7. The number of hydrogen-bond acceptors (Lipinski definition) is 4. The third kappa shape index (κ3) is 6.23. The topological polar surface area (TPSA) is 58.8 Å². The predicted molar refractivity (Wildman–Crippen MR) is 90.7 cm³/mol. The second kappa shape index (κ2) is 9.48. The molecule has 5 heteroatoms. The van der Waals surface area contributed by atoms with Crippen LogP contribution in [0.25, 0.3) is 0 Å². The van der Waals surface area contributed by atoms with Crippen molar-refractivity contribution >= 4 is 5.91 Å².